The Hall–Kier alpha value is -2.16. The number of aliphatic carboxylic acids is 1. The number of pyridine rings is 1. The summed E-state index contributed by atoms with van der Waals surface area (Å²) in [5.41, 5.74) is 3.83. The van der Waals surface area contributed by atoms with Crippen molar-refractivity contribution in [2.45, 2.75) is 45.4 Å². The summed E-state index contributed by atoms with van der Waals surface area (Å²) >= 11 is 0. The highest BCUT2D eigenvalue weighted by atomic mass is 16.4. The summed E-state index contributed by atoms with van der Waals surface area (Å²) in [4.78, 5) is 10.5. The van der Waals surface area contributed by atoms with Crippen LogP contribution in [0.15, 0.2) is 48.7 Å². The number of benzene rings is 1. The third-order valence-corrected chi connectivity index (χ3v) is 3.98. The van der Waals surface area contributed by atoms with Crippen molar-refractivity contribution in [3.63, 3.8) is 0 Å². The van der Waals surface area contributed by atoms with E-state index in [9.17, 15) is 4.79 Å². The highest BCUT2D eigenvalue weighted by molar-refractivity contribution is 5.66. The lowest BCUT2D eigenvalue weighted by Crippen LogP contribution is -2.34. The second-order valence-corrected chi connectivity index (χ2v) is 5.63. The zero-order valence-corrected chi connectivity index (χ0v) is 13.2. The van der Waals surface area contributed by atoms with Crippen molar-refractivity contribution < 1.29 is 14.5 Å². The summed E-state index contributed by atoms with van der Waals surface area (Å²) < 4.78 is 2.22. The third-order valence-electron chi connectivity index (χ3n) is 3.98. The molecule has 1 aromatic carbocycles. The quantitative estimate of drug-likeness (QED) is 0.594. The Morgan fingerprint density at radius 3 is 2.45 bits per heavy atom. The van der Waals surface area contributed by atoms with Crippen LogP contribution >= 0.6 is 0 Å². The molecular weight excluding hydrogens is 274 g/mol. The van der Waals surface area contributed by atoms with Gasteiger partial charge in [0.1, 0.15) is 0 Å². The minimum absolute atomic E-state index is 0.290. The van der Waals surface area contributed by atoms with Gasteiger partial charge in [0, 0.05) is 37.1 Å². The van der Waals surface area contributed by atoms with Gasteiger partial charge in [-0.3, -0.25) is 4.79 Å². The molecule has 0 spiro atoms. The molecule has 0 aliphatic heterocycles. The molecule has 0 bridgehead atoms. The monoisotopic (exact) mass is 298 g/mol. The highest BCUT2D eigenvalue weighted by Gasteiger charge is 2.13. The van der Waals surface area contributed by atoms with Crippen molar-refractivity contribution in [3.8, 4) is 5.69 Å². The van der Waals surface area contributed by atoms with E-state index in [2.05, 4.69) is 54.1 Å². The van der Waals surface area contributed by atoms with Crippen molar-refractivity contribution in [3.05, 3.63) is 59.9 Å². The first-order valence-electron chi connectivity index (χ1n) is 7.96. The van der Waals surface area contributed by atoms with Crippen LogP contribution in [0.1, 0.15) is 43.4 Å². The van der Waals surface area contributed by atoms with Gasteiger partial charge in [-0.15, -0.1) is 0 Å². The maximum absolute atomic E-state index is 10.5. The third kappa shape index (κ3) is 4.69. The molecular formula is C19H24NO2+. The van der Waals surface area contributed by atoms with E-state index in [-0.39, 0.29) is 0 Å². The number of hydrogen-bond acceptors (Lipinski definition) is 1. The summed E-state index contributed by atoms with van der Waals surface area (Å²) in [6.45, 7) is 2.16. The van der Waals surface area contributed by atoms with Crippen molar-refractivity contribution in [1.82, 2.24) is 0 Å². The van der Waals surface area contributed by atoms with Crippen LogP contribution in [0.2, 0.25) is 0 Å². The number of hydrogen-bond donors (Lipinski definition) is 1. The van der Waals surface area contributed by atoms with Crippen LogP contribution in [-0.4, -0.2) is 11.1 Å². The summed E-state index contributed by atoms with van der Waals surface area (Å²) in [5.74, 6) is -0.692. The number of carboxylic acid groups (broad SMARTS) is 1. The van der Waals surface area contributed by atoms with Crippen LogP contribution in [0.5, 0.6) is 0 Å². The Balaban J connectivity index is 1.91. The molecule has 0 fully saturated rings. The van der Waals surface area contributed by atoms with E-state index in [1.165, 1.54) is 16.9 Å². The Kier molecular flexibility index (Phi) is 6.13. The molecule has 0 aliphatic carbocycles. The molecule has 0 radical (unpaired) electrons. The van der Waals surface area contributed by atoms with Crippen LogP contribution in [-0.2, 0) is 11.2 Å². The summed E-state index contributed by atoms with van der Waals surface area (Å²) in [6.07, 6.45) is 7.42. The predicted molar refractivity (Wildman–Crippen MR) is 87.1 cm³/mol. The topological polar surface area (TPSA) is 41.2 Å². The summed E-state index contributed by atoms with van der Waals surface area (Å²) in [5, 5.41) is 8.62. The van der Waals surface area contributed by atoms with E-state index >= 15 is 0 Å². The molecule has 1 aromatic heterocycles. The van der Waals surface area contributed by atoms with Gasteiger partial charge >= 0.3 is 5.97 Å². The first-order chi connectivity index (χ1) is 10.7. The van der Waals surface area contributed by atoms with E-state index in [4.69, 9.17) is 5.11 Å². The molecule has 3 nitrogen and oxygen atoms in total. The molecule has 1 N–H and O–H groups in total. The number of nitrogens with zero attached hydrogens (tertiary/aromatic N) is 1. The van der Waals surface area contributed by atoms with Gasteiger partial charge in [-0.1, -0.05) is 31.0 Å². The number of para-hydroxylation sites is 1. The molecule has 3 heteroatoms. The van der Waals surface area contributed by atoms with Crippen LogP contribution in [0.25, 0.3) is 5.69 Å². The van der Waals surface area contributed by atoms with Gasteiger partial charge < -0.3 is 5.11 Å². The molecule has 116 valence electrons. The fourth-order valence-corrected chi connectivity index (χ4v) is 2.71. The normalized spacial score (nSPS) is 10.6. The average Bonchev–Trinajstić information content (AvgIpc) is 2.52. The lowest BCUT2D eigenvalue weighted by Gasteiger charge is -2.06. The molecule has 0 aliphatic rings. The molecule has 0 unspecified atom stereocenters. The predicted octanol–water partition coefficient (Wildman–Crippen LogP) is 3.85. The molecule has 0 amide bonds. The Bertz CT molecular complexity index is 608. The van der Waals surface area contributed by atoms with Crippen molar-refractivity contribution >= 4 is 5.97 Å². The first kappa shape index (κ1) is 16.2. The molecule has 0 saturated carbocycles. The number of carbonyl (C=O) groups is 1. The number of aromatic nitrogens is 1. The number of carboxylic acids is 1. The van der Waals surface area contributed by atoms with E-state index in [0.29, 0.717) is 6.42 Å². The number of rotatable bonds is 8. The zero-order valence-electron chi connectivity index (χ0n) is 13.2. The maximum atomic E-state index is 10.5. The maximum Gasteiger partial charge on any atom is 0.303 e. The van der Waals surface area contributed by atoms with Crippen LogP contribution in [0.4, 0.5) is 0 Å². The fourth-order valence-electron chi connectivity index (χ4n) is 2.71. The standard InChI is InChI=1S/C19H23NO2/c1-16-17(10-5-2-3-8-14-19(21)22)11-9-15-20(16)18-12-6-4-7-13-18/h4,6-7,9,11-13,15H,2-3,5,8,10,14H2,1H3/p+1. The fraction of sp³-hybridized carbons (Fsp3) is 0.368. The van der Waals surface area contributed by atoms with Gasteiger partial charge in [-0.05, 0) is 25.3 Å². The molecule has 2 rings (SSSR count). The van der Waals surface area contributed by atoms with Crippen LogP contribution in [0.3, 0.4) is 0 Å². The SMILES string of the molecule is Cc1c(CCCCCCC(=O)O)ccc[n+]1-c1ccccc1. The van der Waals surface area contributed by atoms with Gasteiger partial charge in [0.25, 0.3) is 0 Å². The van der Waals surface area contributed by atoms with Crippen molar-refractivity contribution in [2.24, 2.45) is 0 Å². The average molecular weight is 298 g/mol. The second-order valence-electron chi connectivity index (χ2n) is 5.63. The molecule has 22 heavy (non-hydrogen) atoms. The Morgan fingerprint density at radius 1 is 1.00 bits per heavy atom. The van der Waals surface area contributed by atoms with Crippen molar-refractivity contribution in [1.29, 1.82) is 0 Å². The first-order valence-corrected chi connectivity index (χ1v) is 7.96. The van der Waals surface area contributed by atoms with E-state index in [1.807, 2.05) is 6.07 Å². The molecule has 2 aromatic rings. The second kappa shape index (κ2) is 8.32. The van der Waals surface area contributed by atoms with Crippen LogP contribution in [0, 0.1) is 6.92 Å². The van der Waals surface area contributed by atoms with Gasteiger partial charge in [-0.2, -0.15) is 4.57 Å². The van der Waals surface area contributed by atoms with Gasteiger partial charge in [-0.25, -0.2) is 0 Å². The smallest absolute Gasteiger partial charge is 0.303 e. The highest BCUT2D eigenvalue weighted by Crippen LogP contribution is 2.12. The van der Waals surface area contributed by atoms with Crippen molar-refractivity contribution in [2.75, 3.05) is 0 Å². The van der Waals surface area contributed by atoms with E-state index in [1.54, 1.807) is 0 Å². The van der Waals surface area contributed by atoms with Gasteiger partial charge in [0.2, 0.25) is 5.69 Å². The Labute approximate surface area is 132 Å². The lowest BCUT2D eigenvalue weighted by molar-refractivity contribution is -0.603. The zero-order chi connectivity index (χ0) is 15.8. The van der Waals surface area contributed by atoms with E-state index < -0.39 is 5.97 Å². The minimum Gasteiger partial charge on any atom is -0.481 e. The van der Waals surface area contributed by atoms with Gasteiger partial charge in [0.05, 0.1) is 0 Å². The molecule has 0 atom stereocenters. The van der Waals surface area contributed by atoms with Gasteiger partial charge in [0.15, 0.2) is 11.9 Å². The number of unbranched alkanes of at least 4 members (excludes halogenated alkanes) is 3. The number of aryl methyl sites for hydroxylation is 1. The van der Waals surface area contributed by atoms with E-state index in [0.717, 1.165) is 32.1 Å². The Morgan fingerprint density at radius 2 is 1.73 bits per heavy atom. The summed E-state index contributed by atoms with van der Waals surface area (Å²) in [6, 6.07) is 14.6. The molecule has 0 saturated heterocycles. The largest absolute Gasteiger partial charge is 0.481 e. The summed E-state index contributed by atoms with van der Waals surface area (Å²) in [7, 11) is 0. The minimum atomic E-state index is -0.692. The lowest BCUT2D eigenvalue weighted by atomic mass is 10.0. The van der Waals surface area contributed by atoms with Crippen LogP contribution < -0.4 is 4.57 Å². The molecule has 1 heterocycles.